The summed E-state index contributed by atoms with van der Waals surface area (Å²) in [5, 5.41) is 3.77. The smallest absolute Gasteiger partial charge is 0.132 e. The second-order valence-electron chi connectivity index (χ2n) is 6.45. The summed E-state index contributed by atoms with van der Waals surface area (Å²) >= 11 is 0. The number of aryl methyl sites for hydroxylation is 1. The lowest BCUT2D eigenvalue weighted by atomic mass is 9.92. The lowest BCUT2D eigenvalue weighted by molar-refractivity contribution is 0.345. The maximum Gasteiger partial charge on any atom is 0.132 e. The molecule has 1 fully saturated rings. The molecule has 0 aliphatic carbocycles. The molecule has 2 unspecified atom stereocenters. The molecule has 3 heterocycles. The van der Waals surface area contributed by atoms with Crippen LogP contribution in [-0.4, -0.2) is 21.8 Å². The molecule has 0 aromatic carbocycles. The van der Waals surface area contributed by atoms with Gasteiger partial charge in [0, 0.05) is 25.5 Å². The first kappa shape index (κ1) is 15.9. The van der Waals surface area contributed by atoms with Gasteiger partial charge in [0.15, 0.2) is 0 Å². The highest BCUT2D eigenvalue weighted by atomic mass is 15.1. The molecule has 0 spiro atoms. The number of imidazole rings is 1. The van der Waals surface area contributed by atoms with E-state index in [9.17, 15) is 0 Å². The molecular weight excluding hydrogens is 284 g/mol. The van der Waals surface area contributed by atoms with Crippen molar-refractivity contribution in [2.75, 3.05) is 0 Å². The Bertz CT molecular complexity index is 663. The summed E-state index contributed by atoms with van der Waals surface area (Å²) in [6.45, 7) is 5.93. The minimum Gasteiger partial charge on any atom is -0.334 e. The third-order valence-corrected chi connectivity index (χ3v) is 4.70. The minimum absolute atomic E-state index is 0.309. The van der Waals surface area contributed by atoms with Crippen LogP contribution < -0.4 is 5.32 Å². The Hall–Kier alpha value is -1.94. The van der Waals surface area contributed by atoms with E-state index in [1.807, 2.05) is 19.2 Å². The Morgan fingerprint density at radius 1 is 1.35 bits per heavy atom. The number of nitrogens with one attached hydrogen (secondary N) is 1. The summed E-state index contributed by atoms with van der Waals surface area (Å²) in [6.07, 6.45) is 15.6. The zero-order valence-electron chi connectivity index (χ0n) is 14.1. The van der Waals surface area contributed by atoms with Gasteiger partial charge in [-0.2, -0.15) is 0 Å². The molecule has 0 saturated carbocycles. The van der Waals surface area contributed by atoms with Crippen LogP contribution in [0.25, 0.3) is 6.08 Å². The first-order chi connectivity index (χ1) is 11.2. The van der Waals surface area contributed by atoms with Crippen molar-refractivity contribution < 1.29 is 0 Å². The number of hydrogen-bond acceptors (Lipinski definition) is 3. The molecule has 1 N–H and O–H groups in total. The van der Waals surface area contributed by atoms with Gasteiger partial charge in [-0.3, -0.25) is 4.99 Å². The average molecular weight is 310 g/mol. The van der Waals surface area contributed by atoms with Crippen LogP contribution in [0.1, 0.15) is 56.6 Å². The van der Waals surface area contributed by atoms with E-state index in [0.717, 1.165) is 37.2 Å². The SMILES string of the molecule is C=C/C=C\c1nc(C2CCCC(C3=C(C)CCC=N3)N2)cn1C. The van der Waals surface area contributed by atoms with Gasteiger partial charge in [-0.25, -0.2) is 4.98 Å². The van der Waals surface area contributed by atoms with Crippen molar-refractivity contribution in [2.45, 2.75) is 51.1 Å². The molecule has 23 heavy (non-hydrogen) atoms. The largest absolute Gasteiger partial charge is 0.334 e. The Balaban J connectivity index is 1.77. The maximum atomic E-state index is 4.78. The Morgan fingerprint density at radius 2 is 2.17 bits per heavy atom. The molecule has 122 valence electrons. The zero-order valence-corrected chi connectivity index (χ0v) is 14.1. The van der Waals surface area contributed by atoms with Crippen molar-refractivity contribution in [3.05, 3.63) is 47.7 Å². The van der Waals surface area contributed by atoms with Gasteiger partial charge in [0.2, 0.25) is 0 Å². The predicted octanol–water partition coefficient (Wildman–Crippen LogP) is 3.94. The van der Waals surface area contributed by atoms with Crippen LogP contribution in [0.3, 0.4) is 0 Å². The molecule has 4 nitrogen and oxygen atoms in total. The van der Waals surface area contributed by atoms with Crippen LogP contribution in [0.5, 0.6) is 0 Å². The lowest BCUT2D eigenvalue weighted by Gasteiger charge is -2.32. The fourth-order valence-electron chi connectivity index (χ4n) is 3.44. The first-order valence-corrected chi connectivity index (χ1v) is 8.49. The molecule has 0 radical (unpaired) electrons. The Kier molecular flexibility index (Phi) is 4.91. The third-order valence-electron chi connectivity index (χ3n) is 4.70. The first-order valence-electron chi connectivity index (χ1n) is 8.49. The fraction of sp³-hybridized carbons (Fsp3) is 0.474. The summed E-state index contributed by atoms with van der Waals surface area (Å²) < 4.78 is 2.07. The zero-order chi connectivity index (χ0) is 16.2. The van der Waals surface area contributed by atoms with Gasteiger partial charge in [0.25, 0.3) is 0 Å². The van der Waals surface area contributed by atoms with Crippen LogP contribution in [0, 0.1) is 0 Å². The van der Waals surface area contributed by atoms with E-state index in [4.69, 9.17) is 4.98 Å². The van der Waals surface area contributed by atoms with E-state index in [2.05, 4.69) is 40.8 Å². The number of rotatable bonds is 4. The number of aliphatic imine (C=N–C) groups is 1. The van der Waals surface area contributed by atoms with Crippen molar-refractivity contribution in [2.24, 2.45) is 12.0 Å². The number of aromatic nitrogens is 2. The molecule has 3 rings (SSSR count). The highest BCUT2D eigenvalue weighted by Crippen LogP contribution is 2.30. The highest BCUT2D eigenvalue weighted by Gasteiger charge is 2.27. The molecule has 1 saturated heterocycles. The average Bonchev–Trinajstić information content (AvgIpc) is 2.94. The van der Waals surface area contributed by atoms with E-state index in [1.54, 1.807) is 6.08 Å². The lowest BCUT2D eigenvalue weighted by Crippen LogP contribution is -2.38. The Morgan fingerprint density at radius 3 is 2.96 bits per heavy atom. The molecule has 1 aromatic heterocycles. The topological polar surface area (TPSA) is 42.2 Å². The van der Waals surface area contributed by atoms with E-state index in [1.165, 1.54) is 17.7 Å². The monoisotopic (exact) mass is 310 g/mol. The second-order valence-corrected chi connectivity index (χ2v) is 6.45. The summed E-state index contributed by atoms with van der Waals surface area (Å²) in [7, 11) is 2.04. The van der Waals surface area contributed by atoms with Gasteiger partial charge >= 0.3 is 0 Å². The molecule has 1 aromatic rings. The number of nitrogens with zero attached hydrogens (tertiary/aromatic N) is 3. The van der Waals surface area contributed by atoms with Gasteiger partial charge < -0.3 is 9.88 Å². The van der Waals surface area contributed by atoms with Gasteiger partial charge in [-0.05, 0) is 50.7 Å². The summed E-state index contributed by atoms with van der Waals surface area (Å²) in [5.41, 5.74) is 3.81. The predicted molar refractivity (Wildman–Crippen MR) is 96.4 cm³/mol. The van der Waals surface area contributed by atoms with Crippen molar-refractivity contribution in [1.29, 1.82) is 0 Å². The van der Waals surface area contributed by atoms with E-state index in [0.29, 0.717) is 12.1 Å². The molecule has 2 aliphatic rings. The van der Waals surface area contributed by atoms with E-state index in [-0.39, 0.29) is 0 Å². The molecular formula is C19H26N4. The van der Waals surface area contributed by atoms with Gasteiger partial charge in [-0.1, -0.05) is 18.7 Å². The quantitative estimate of drug-likeness (QED) is 0.856. The van der Waals surface area contributed by atoms with Crippen LogP contribution >= 0.6 is 0 Å². The molecule has 4 heteroatoms. The summed E-state index contributed by atoms with van der Waals surface area (Å²) in [6, 6.07) is 0.669. The number of piperidine rings is 1. The van der Waals surface area contributed by atoms with Crippen LogP contribution in [0.4, 0.5) is 0 Å². The van der Waals surface area contributed by atoms with Crippen molar-refractivity contribution in [3.63, 3.8) is 0 Å². The molecule has 0 bridgehead atoms. The molecule has 2 atom stereocenters. The van der Waals surface area contributed by atoms with Crippen LogP contribution in [0.2, 0.25) is 0 Å². The maximum absolute atomic E-state index is 4.78. The summed E-state index contributed by atoms with van der Waals surface area (Å²) in [5.74, 6) is 0.968. The Labute approximate surface area is 138 Å². The second kappa shape index (κ2) is 7.09. The van der Waals surface area contributed by atoms with Crippen molar-refractivity contribution in [1.82, 2.24) is 14.9 Å². The summed E-state index contributed by atoms with van der Waals surface area (Å²) in [4.78, 5) is 9.45. The van der Waals surface area contributed by atoms with Crippen LogP contribution in [-0.2, 0) is 7.05 Å². The standard InChI is InChI=1S/C19H26N4/c1-4-5-11-18-22-17(13-23(18)3)15-9-6-10-16(21-15)19-14(2)8-7-12-20-19/h4-5,11-13,15-16,21H,1,6-10H2,2-3H3/b11-5-. The van der Waals surface area contributed by atoms with E-state index < -0.39 is 0 Å². The number of allylic oxidation sites excluding steroid dienone is 3. The van der Waals surface area contributed by atoms with Crippen LogP contribution in [0.15, 0.2) is 41.2 Å². The number of hydrogen-bond donors (Lipinski definition) is 1. The van der Waals surface area contributed by atoms with Gasteiger partial charge in [0.1, 0.15) is 5.82 Å². The molecule has 2 aliphatic heterocycles. The highest BCUT2D eigenvalue weighted by molar-refractivity contribution is 5.62. The van der Waals surface area contributed by atoms with Crippen molar-refractivity contribution >= 4 is 12.3 Å². The fourth-order valence-corrected chi connectivity index (χ4v) is 3.44. The normalized spacial score (nSPS) is 25.3. The molecule has 0 amide bonds. The minimum atomic E-state index is 0.309. The third kappa shape index (κ3) is 3.53. The van der Waals surface area contributed by atoms with Gasteiger partial charge in [0.05, 0.1) is 17.4 Å². The van der Waals surface area contributed by atoms with Gasteiger partial charge in [-0.15, -0.1) is 0 Å². The van der Waals surface area contributed by atoms with Crippen molar-refractivity contribution in [3.8, 4) is 0 Å². The van der Waals surface area contributed by atoms with E-state index >= 15 is 0 Å².